The van der Waals surface area contributed by atoms with Gasteiger partial charge in [-0.25, -0.2) is 13.6 Å². The van der Waals surface area contributed by atoms with Gasteiger partial charge in [-0.2, -0.15) is 0 Å². The maximum atomic E-state index is 14.3. The van der Waals surface area contributed by atoms with Gasteiger partial charge in [0.2, 0.25) is 0 Å². The molecule has 4 nitrogen and oxygen atoms in total. The van der Waals surface area contributed by atoms with Gasteiger partial charge in [-0.3, -0.25) is 0 Å². The second kappa shape index (κ2) is 10.0. The summed E-state index contributed by atoms with van der Waals surface area (Å²) in [5.74, 6) is -0.903. The molecule has 4 aromatic rings. The van der Waals surface area contributed by atoms with Crippen molar-refractivity contribution in [1.29, 1.82) is 0 Å². The van der Waals surface area contributed by atoms with Gasteiger partial charge in [0.15, 0.2) is 0 Å². The molecule has 4 rings (SSSR count). The third-order valence-corrected chi connectivity index (χ3v) is 6.11. The molecule has 34 heavy (non-hydrogen) atoms. The van der Waals surface area contributed by atoms with Gasteiger partial charge in [0.25, 0.3) is 0 Å². The van der Waals surface area contributed by atoms with Crippen molar-refractivity contribution in [2.45, 2.75) is 20.4 Å². The van der Waals surface area contributed by atoms with Crippen molar-refractivity contribution < 1.29 is 18.3 Å². The molecule has 0 aliphatic rings. The number of carbonyl (C=O) groups excluding carboxylic acids is 1. The van der Waals surface area contributed by atoms with Crippen LogP contribution >= 0.6 is 23.2 Å². The van der Waals surface area contributed by atoms with Crippen LogP contribution in [0.25, 0.3) is 22.0 Å². The molecule has 0 aliphatic heterocycles. The minimum atomic E-state index is -0.617. The molecular formula is C26H22Cl2F2N2O2. The molecule has 3 aromatic carbocycles. The van der Waals surface area contributed by atoms with Crippen LogP contribution < -0.4 is 4.74 Å². The topological polar surface area (TPSA) is 34.5 Å². The summed E-state index contributed by atoms with van der Waals surface area (Å²) in [5, 5.41) is 1.57. The number of nitrogens with zero attached hydrogens (tertiary/aromatic N) is 2. The molecule has 176 valence electrons. The third-order valence-electron chi connectivity index (χ3n) is 5.68. The molecule has 1 amide bonds. The van der Waals surface area contributed by atoms with E-state index in [2.05, 4.69) is 0 Å². The number of ether oxygens (including phenoxy) is 1. The summed E-state index contributed by atoms with van der Waals surface area (Å²) in [6, 6.07) is 14.1. The summed E-state index contributed by atoms with van der Waals surface area (Å²) in [5.41, 5.74) is 1.93. The van der Waals surface area contributed by atoms with Crippen LogP contribution in [-0.4, -0.2) is 28.6 Å². The molecule has 0 atom stereocenters. The Balaban J connectivity index is 1.87. The van der Waals surface area contributed by atoms with Crippen molar-refractivity contribution in [1.82, 2.24) is 9.47 Å². The number of amides is 1. The summed E-state index contributed by atoms with van der Waals surface area (Å²) in [6.45, 7) is 4.73. The maximum absolute atomic E-state index is 14.3. The second-order valence-electron chi connectivity index (χ2n) is 7.71. The van der Waals surface area contributed by atoms with Crippen LogP contribution in [0.1, 0.15) is 19.4 Å². The predicted molar refractivity (Wildman–Crippen MR) is 132 cm³/mol. The average Bonchev–Trinajstić information content (AvgIpc) is 3.19. The van der Waals surface area contributed by atoms with E-state index >= 15 is 0 Å². The van der Waals surface area contributed by atoms with Gasteiger partial charge in [-0.05, 0) is 67.9 Å². The Hall–Kier alpha value is -3.09. The van der Waals surface area contributed by atoms with Crippen LogP contribution in [-0.2, 0) is 6.54 Å². The van der Waals surface area contributed by atoms with Crippen molar-refractivity contribution >= 4 is 40.2 Å². The molecule has 0 N–H and O–H groups in total. The van der Waals surface area contributed by atoms with Crippen molar-refractivity contribution in [2.75, 3.05) is 13.1 Å². The van der Waals surface area contributed by atoms with Gasteiger partial charge in [-0.1, -0.05) is 29.3 Å². The number of hydrogen-bond donors (Lipinski definition) is 0. The summed E-state index contributed by atoms with van der Waals surface area (Å²) < 4.78 is 36.1. The Morgan fingerprint density at radius 2 is 1.62 bits per heavy atom. The Labute approximate surface area is 206 Å². The van der Waals surface area contributed by atoms with Gasteiger partial charge >= 0.3 is 6.09 Å². The summed E-state index contributed by atoms with van der Waals surface area (Å²) in [7, 11) is 0. The van der Waals surface area contributed by atoms with Crippen LogP contribution in [0.15, 0.2) is 60.8 Å². The number of rotatable bonds is 6. The predicted octanol–water partition coefficient (Wildman–Crippen LogP) is 7.78. The van der Waals surface area contributed by atoms with Crippen LogP contribution in [0, 0.1) is 11.6 Å². The molecule has 0 aliphatic carbocycles. The molecule has 0 radical (unpaired) electrons. The molecule has 0 saturated carbocycles. The smallest absolute Gasteiger partial charge is 0.410 e. The first-order valence-corrected chi connectivity index (χ1v) is 11.6. The van der Waals surface area contributed by atoms with Crippen LogP contribution in [0.2, 0.25) is 10.0 Å². The molecule has 0 bridgehead atoms. The number of hydrogen-bond acceptors (Lipinski definition) is 2. The Kier molecular flexibility index (Phi) is 7.10. The highest BCUT2D eigenvalue weighted by Gasteiger charge is 2.20. The van der Waals surface area contributed by atoms with Gasteiger partial charge in [0, 0.05) is 51.4 Å². The monoisotopic (exact) mass is 502 g/mol. The molecule has 8 heteroatoms. The van der Waals surface area contributed by atoms with Gasteiger partial charge in [0.05, 0.1) is 6.54 Å². The lowest BCUT2D eigenvalue weighted by Gasteiger charge is -2.20. The van der Waals surface area contributed by atoms with Gasteiger partial charge in [0.1, 0.15) is 17.4 Å². The Morgan fingerprint density at radius 3 is 2.24 bits per heavy atom. The van der Waals surface area contributed by atoms with Crippen LogP contribution in [0.5, 0.6) is 5.75 Å². The van der Waals surface area contributed by atoms with E-state index in [1.165, 1.54) is 18.2 Å². The average molecular weight is 503 g/mol. The molecule has 0 spiro atoms. The zero-order valence-corrected chi connectivity index (χ0v) is 20.1. The molecule has 0 unspecified atom stereocenters. The van der Waals surface area contributed by atoms with Crippen molar-refractivity contribution in [3.8, 4) is 16.9 Å². The lowest BCUT2D eigenvalue weighted by Crippen LogP contribution is -2.33. The number of benzene rings is 3. The fourth-order valence-electron chi connectivity index (χ4n) is 3.97. The lowest BCUT2D eigenvalue weighted by molar-refractivity contribution is 0.157. The third kappa shape index (κ3) is 4.74. The lowest BCUT2D eigenvalue weighted by atomic mass is 10.0. The molecule has 0 saturated heterocycles. The van der Waals surface area contributed by atoms with Crippen LogP contribution in [0.3, 0.4) is 0 Å². The highest BCUT2D eigenvalue weighted by molar-refractivity contribution is 6.35. The van der Waals surface area contributed by atoms with Crippen molar-refractivity contribution in [3.05, 3.63) is 88.0 Å². The van der Waals surface area contributed by atoms with E-state index in [4.69, 9.17) is 27.9 Å². The van der Waals surface area contributed by atoms with E-state index in [1.807, 2.05) is 19.9 Å². The van der Waals surface area contributed by atoms with E-state index < -0.39 is 17.7 Å². The highest BCUT2D eigenvalue weighted by atomic mass is 35.5. The van der Waals surface area contributed by atoms with Crippen molar-refractivity contribution in [2.24, 2.45) is 0 Å². The highest BCUT2D eigenvalue weighted by Crippen LogP contribution is 2.40. The maximum Gasteiger partial charge on any atom is 0.415 e. The molecule has 0 fully saturated rings. The van der Waals surface area contributed by atoms with Gasteiger partial charge < -0.3 is 14.2 Å². The molecular weight excluding hydrogens is 481 g/mol. The summed E-state index contributed by atoms with van der Waals surface area (Å²) >= 11 is 12.5. The first-order valence-electron chi connectivity index (χ1n) is 10.8. The van der Waals surface area contributed by atoms with E-state index in [1.54, 1.807) is 46.0 Å². The number of carbonyl (C=O) groups is 1. The summed E-state index contributed by atoms with van der Waals surface area (Å²) in [6.07, 6.45) is 1.26. The van der Waals surface area contributed by atoms with E-state index in [0.29, 0.717) is 45.5 Å². The number of aromatic nitrogens is 1. The van der Waals surface area contributed by atoms with Gasteiger partial charge in [-0.15, -0.1) is 0 Å². The Bertz CT molecular complexity index is 1330. The van der Waals surface area contributed by atoms with E-state index in [0.717, 1.165) is 5.39 Å². The van der Waals surface area contributed by atoms with Crippen molar-refractivity contribution in [3.63, 3.8) is 0 Å². The minimum absolute atomic E-state index is 0.00364. The fourth-order valence-corrected chi connectivity index (χ4v) is 4.49. The zero-order valence-electron chi connectivity index (χ0n) is 18.6. The summed E-state index contributed by atoms with van der Waals surface area (Å²) in [4.78, 5) is 14.3. The first kappa shape index (κ1) is 24.0. The fraction of sp³-hybridized carbons (Fsp3) is 0.192. The standard InChI is InChI=1S/C26H22Cl2F2N2O2/c1-3-31(4-2)26(33)34-24-9-8-23-19(25(24)16-12-17(27)14-18(28)13-16)10-11-32(23)15-20-21(29)6-5-7-22(20)30/h5-14H,3-4,15H2,1-2H3. The molecule has 1 aromatic heterocycles. The Morgan fingerprint density at radius 1 is 0.971 bits per heavy atom. The largest absolute Gasteiger partial charge is 0.415 e. The minimum Gasteiger partial charge on any atom is -0.410 e. The molecule has 1 heterocycles. The van der Waals surface area contributed by atoms with E-state index in [9.17, 15) is 13.6 Å². The number of fused-ring (bicyclic) bond motifs is 1. The number of halogens is 4. The normalized spacial score (nSPS) is 11.1. The quantitative estimate of drug-likeness (QED) is 0.269. The second-order valence-corrected chi connectivity index (χ2v) is 8.59. The zero-order chi connectivity index (χ0) is 24.4. The first-order chi connectivity index (χ1) is 16.3. The van der Waals surface area contributed by atoms with Crippen LogP contribution in [0.4, 0.5) is 13.6 Å². The van der Waals surface area contributed by atoms with E-state index in [-0.39, 0.29) is 12.1 Å². The SMILES string of the molecule is CCN(CC)C(=O)Oc1ccc2c(ccn2Cc2c(F)cccc2F)c1-c1cc(Cl)cc(Cl)c1.